The van der Waals surface area contributed by atoms with Gasteiger partial charge in [0.15, 0.2) is 0 Å². The number of piperidine rings is 1. The van der Waals surface area contributed by atoms with E-state index in [1.54, 1.807) is 11.3 Å². The van der Waals surface area contributed by atoms with E-state index >= 15 is 0 Å². The second kappa shape index (κ2) is 4.38. The Labute approximate surface area is 88.2 Å². The maximum absolute atomic E-state index is 9.77. The van der Waals surface area contributed by atoms with Gasteiger partial charge in [0, 0.05) is 30.0 Å². The van der Waals surface area contributed by atoms with E-state index in [1.165, 1.54) is 0 Å². The Bertz CT molecular complexity index is 300. The van der Waals surface area contributed by atoms with Crippen LogP contribution in [0.15, 0.2) is 5.38 Å². The van der Waals surface area contributed by atoms with Crippen molar-refractivity contribution in [2.45, 2.75) is 25.9 Å². The summed E-state index contributed by atoms with van der Waals surface area (Å²) in [7, 11) is 0. The van der Waals surface area contributed by atoms with Crippen LogP contribution < -0.4 is 5.32 Å². The molecule has 0 aliphatic carbocycles. The predicted octanol–water partition coefficient (Wildman–Crippen LogP) is 0.964. The highest BCUT2D eigenvalue weighted by atomic mass is 32.1. The fraction of sp³-hybridized carbons (Fsp3) is 0.700. The average Bonchev–Trinajstić information content (AvgIpc) is 2.56. The van der Waals surface area contributed by atoms with E-state index in [1.807, 2.05) is 6.92 Å². The summed E-state index contributed by atoms with van der Waals surface area (Å²) in [6.45, 7) is 3.86. The molecule has 1 saturated heterocycles. The van der Waals surface area contributed by atoms with Gasteiger partial charge in [-0.1, -0.05) is 0 Å². The predicted molar refractivity (Wildman–Crippen MR) is 57.5 cm³/mol. The molecule has 2 rings (SSSR count). The summed E-state index contributed by atoms with van der Waals surface area (Å²) in [6.07, 6.45) is 1.63. The van der Waals surface area contributed by atoms with Crippen LogP contribution in [-0.4, -0.2) is 29.3 Å². The minimum absolute atomic E-state index is 0.152. The van der Waals surface area contributed by atoms with Gasteiger partial charge in [0.1, 0.15) is 0 Å². The highest BCUT2D eigenvalue weighted by Gasteiger charge is 2.23. The number of thiazole rings is 1. The zero-order valence-electron chi connectivity index (χ0n) is 8.36. The molecule has 1 aromatic heterocycles. The number of rotatable bonds is 2. The molecule has 1 aromatic rings. The summed E-state index contributed by atoms with van der Waals surface area (Å²) in [4.78, 5) is 4.42. The van der Waals surface area contributed by atoms with Gasteiger partial charge in [-0.05, 0) is 19.9 Å². The molecule has 0 aromatic carbocycles. The number of nitrogens with one attached hydrogen (secondary N) is 1. The largest absolute Gasteiger partial charge is 0.393 e. The van der Waals surface area contributed by atoms with Crippen molar-refractivity contribution in [1.29, 1.82) is 0 Å². The highest BCUT2D eigenvalue weighted by molar-refractivity contribution is 7.09. The van der Waals surface area contributed by atoms with Gasteiger partial charge < -0.3 is 10.4 Å². The molecule has 0 radical (unpaired) electrons. The van der Waals surface area contributed by atoms with Crippen LogP contribution in [0.3, 0.4) is 0 Å². The van der Waals surface area contributed by atoms with Crippen molar-refractivity contribution >= 4 is 11.3 Å². The molecular formula is C10H16N2OS. The first-order valence-electron chi connectivity index (χ1n) is 5.05. The molecule has 2 N–H and O–H groups in total. The quantitative estimate of drug-likeness (QED) is 0.767. The van der Waals surface area contributed by atoms with Crippen LogP contribution in [0.2, 0.25) is 0 Å². The van der Waals surface area contributed by atoms with E-state index in [9.17, 15) is 5.11 Å². The van der Waals surface area contributed by atoms with Crippen molar-refractivity contribution in [3.05, 3.63) is 16.1 Å². The van der Waals surface area contributed by atoms with E-state index in [0.29, 0.717) is 5.92 Å². The lowest BCUT2D eigenvalue weighted by Gasteiger charge is -2.27. The molecule has 2 atom stereocenters. The van der Waals surface area contributed by atoms with Crippen LogP contribution in [0.5, 0.6) is 0 Å². The third-order valence-corrected chi connectivity index (χ3v) is 3.66. The number of aromatic nitrogens is 1. The Kier molecular flexibility index (Phi) is 3.15. The summed E-state index contributed by atoms with van der Waals surface area (Å²) >= 11 is 1.70. The lowest BCUT2D eigenvalue weighted by Crippen LogP contribution is -2.40. The highest BCUT2D eigenvalue weighted by Crippen LogP contribution is 2.19. The van der Waals surface area contributed by atoms with Crippen molar-refractivity contribution in [2.75, 3.05) is 13.1 Å². The Morgan fingerprint density at radius 1 is 1.71 bits per heavy atom. The first-order valence-corrected chi connectivity index (χ1v) is 5.93. The molecule has 3 nitrogen and oxygen atoms in total. The monoisotopic (exact) mass is 212 g/mol. The second-order valence-corrected chi connectivity index (χ2v) is 4.85. The summed E-state index contributed by atoms with van der Waals surface area (Å²) < 4.78 is 0. The van der Waals surface area contributed by atoms with Gasteiger partial charge in [0.05, 0.1) is 11.1 Å². The van der Waals surface area contributed by atoms with Crippen LogP contribution in [0.4, 0.5) is 0 Å². The van der Waals surface area contributed by atoms with E-state index in [-0.39, 0.29) is 6.10 Å². The molecule has 78 valence electrons. The Morgan fingerprint density at radius 2 is 2.57 bits per heavy atom. The molecule has 2 heterocycles. The van der Waals surface area contributed by atoms with Crippen molar-refractivity contribution in [3.8, 4) is 0 Å². The summed E-state index contributed by atoms with van der Waals surface area (Å²) in [5.74, 6) is 0.342. The van der Waals surface area contributed by atoms with Gasteiger partial charge in [-0.2, -0.15) is 0 Å². The lowest BCUT2D eigenvalue weighted by molar-refractivity contribution is 0.0791. The smallest absolute Gasteiger partial charge is 0.0932 e. The zero-order valence-corrected chi connectivity index (χ0v) is 9.18. The topological polar surface area (TPSA) is 45.1 Å². The first kappa shape index (κ1) is 10.1. The van der Waals surface area contributed by atoms with Crippen LogP contribution >= 0.6 is 11.3 Å². The summed E-state index contributed by atoms with van der Waals surface area (Å²) in [5.41, 5.74) is 1.09. The van der Waals surface area contributed by atoms with Crippen LogP contribution in [0, 0.1) is 12.8 Å². The maximum atomic E-state index is 9.77. The molecule has 0 spiro atoms. The Balaban J connectivity index is 1.95. The van der Waals surface area contributed by atoms with Crippen molar-refractivity contribution in [1.82, 2.24) is 10.3 Å². The van der Waals surface area contributed by atoms with Gasteiger partial charge in [0.25, 0.3) is 0 Å². The Morgan fingerprint density at radius 3 is 3.21 bits per heavy atom. The molecule has 1 aliphatic rings. The van der Waals surface area contributed by atoms with Crippen molar-refractivity contribution in [3.63, 3.8) is 0 Å². The van der Waals surface area contributed by atoms with Crippen molar-refractivity contribution < 1.29 is 5.11 Å². The molecule has 2 unspecified atom stereocenters. The molecule has 0 amide bonds. The third-order valence-electron chi connectivity index (χ3n) is 2.67. The van der Waals surface area contributed by atoms with E-state index in [2.05, 4.69) is 15.7 Å². The number of aliphatic hydroxyl groups is 1. The van der Waals surface area contributed by atoms with E-state index in [4.69, 9.17) is 0 Å². The molecule has 14 heavy (non-hydrogen) atoms. The normalized spacial score (nSPS) is 27.9. The van der Waals surface area contributed by atoms with E-state index < -0.39 is 0 Å². The standard InChI is InChI=1S/C10H16N2OS/c1-7-6-14-10(12-7)4-8-5-11-3-2-9(8)13/h6,8-9,11,13H,2-5H2,1H3. The lowest BCUT2D eigenvalue weighted by atomic mass is 9.93. The molecule has 0 saturated carbocycles. The summed E-state index contributed by atoms with van der Waals surface area (Å²) in [6, 6.07) is 0. The van der Waals surface area contributed by atoms with Gasteiger partial charge in [0.2, 0.25) is 0 Å². The SMILES string of the molecule is Cc1csc(CC2CNCCC2O)n1. The number of nitrogens with zero attached hydrogens (tertiary/aromatic N) is 1. The number of aryl methyl sites for hydroxylation is 1. The van der Waals surface area contributed by atoms with Crippen LogP contribution in [0.25, 0.3) is 0 Å². The maximum Gasteiger partial charge on any atom is 0.0932 e. The van der Waals surface area contributed by atoms with Gasteiger partial charge in [-0.25, -0.2) is 4.98 Å². The molecular weight excluding hydrogens is 196 g/mol. The second-order valence-electron chi connectivity index (χ2n) is 3.91. The summed E-state index contributed by atoms with van der Waals surface area (Å²) in [5, 5.41) is 16.3. The average molecular weight is 212 g/mol. The zero-order chi connectivity index (χ0) is 9.97. The van der Waals surface area contributed by atoms with Gasteiger partial charge in [-0.15, -0.1) is 11.3 Å². The molecule has 1 aliphatic heterocycles. The fourth-order valence-corrected chi connectivity index (χ4v) is 2.70. The van der Waals surface area contributed by atoms with Crippen molar-refractivity contribution in [2.24, 2.45) is 5.92 Å². The molecule has 0 bridgehead atoms. The van der Waals surface area contributed by atoms with Crippen LogP contribution in [0.1, 0.15) is 17.1 Å². The fourth-order valence-electron chi connectivity index (χ4n) is 1.84. The van der Waals surface area contributed by atoms with Crippen LogP contribution in [-0.2, 0) is 6.42 Å². The van der Waals surface area contributed by atoms with Gasteiger partial charge in [-0.3, -0.25) is 0 Å². The minimum atomic E-state index is -0.152. The Hall–Kier alpha value is -0.450. The number of aliphatic hydroxyl groups excluding tert-OH is 1. The third kappa shape index (κ3) is 2.32. The minimum Gasteiger partial charge on any atom is -0.393 e. The molecule has 4 heteroatoms. The number of hydrogen-bond donors (Lipinski definition) is 2. The molecule has 1 fully saturated rings. The number of hydrogen-bond acceptors (Lipinski definition) is 4. The first-order chi connectivity index (χ1) is 6.75. The van der Waals surface area contributed by atoms with E-state index in [0.717, 1.165) is 36.6 Å². The van der Waals surface area contributed by atoms with Gasteiger partial charge >= 0.3 is 0 Å².